The molecule has 0 radical (unpaired) electrons. The first-order chi connectivity index (χ1) is 13.3. The fourth-order valence-corrected chi connectivity index (χ4v) is 3.38. The molecule has 0 spiro atoms. The number of hydrogen-bond acceptors (Lipinski definition) is 3. The average Bonchev–Trinajstić information content (AvgIpc) is 2.68. The summed E-state index contributed by atoms with van der Waals surface area (Å²) in [4.78, 5) is 11.3. The van der Waals surface area contributed by atoms with Gasteiger partial charge in [-0.25, -0.2) is 0 Å². The van der Waals surface area contributed by atoms with Crippen LogP contribution in [0.25, 0.3) is 0 Å². The molecule has 0 aromatic carbocycles. The molecule has 0 aromatic heterocycles. The van der Waals surface area contributed by atoms with Crippen molar-refractivity contribution in [3.63, 3.8) is 0 Å². The van der Waals surface area contributed by atoms with Crippen molar-refractivity contribution in [3.05, 3.63) is 0 Å². The molecular formula is C23H45BrO3. The van der Waals surface area contributed by atoms with E-state index in [4.69, 9.17) is 9.47 Å². The van der Waals surface area contributed by atoms with Crippen molar-refractivity contribution in [2.45, 2.75) is 116 Å². The van der Waals surface area contributed by atoms with Crippen molar-refractivity contribution in [1.82, 2.24) is 0 Å². The second-order valence-electron chi connectivity index (χ2n) is 7.58. The summed E-state index contributed by atoms with van der Waals surface area (Å²) in [6.45, 7) is 4.48. The molecule has 0 aliphatic rings. The van der Waals surface area contributed by atoms with E-state index in [-0.39, 0.29) is 5.97 Å². The molecule has 4 heteroatoms. The van der Waals surface area contributed by atoms with Crippen molar-refractivity contribution >= 4 is 21.9 Å². The molecule has 0 saturated carbocycles. The summed E-state index contributed by atoms with van der Waals surface area (Å²) in [6, 6.07) is 0. The SMILES string of the molecule is CCCCCCCCCCCCCCCOCCCCOC(=O)CCCBr. The molecule has 27 heavy (non-hydrogen) atoms. The second-order valence-corrected chi connectivity index (χ2v) is 8.37. The summed E-state index contributed by atoms with van der Waals surface area (Å²) >= 11 is 3.31. The zero-order valence-electron chi connectivity index (χ0n) is 18.0. The lowest BCUT2D eigenvalue weighted by atomic mass is 10.0. The summed E-state index contributed by atoms with van der Waals surface area (Å²) < 4.78 is 10.8. The zero-order valence-corrected chi connectivity index (χ0v) is 19.5. The van der Waals surface area contributed by atoms with E-state index < -0.39 is 0 Å². The largest absolute Gasteiger partial charge is 0.466 e. The first kappa shape index (κ1) is 26.9. The van der Waals surface area contributed by atoms with E-state index in [1.807, 2.05) is 0 Å². The molecule has 0 fully saturated rings. The third-order valence-corrected chi connectivity index (χ3v) is 5.41. The number of rotatable bonds is 22. The van der Waals surface area contributed by atoms with Crippen LogP contribution in [0.2, 0.25) is 0 Å². The number of carbonyl (C=O) groups is 1. The standard InChI is InChI=1S/C23H45BrO3/c1-2-3-4-5-6-7-8-9-10-11-12-13-14-20-26-21-15-16-22-27-23(25)18-17-19-24/h2-22H2,1H3. The van der Waals surface area contributed by atoms with Gasteiger partial charge in [-0.15, -0.1) is 0 Å². The molecule has 0 saturated heterocycles. The van der Waals surface area contributed by atoms with Crippen LogP contribution in [0.3, 0.4) is 0 Å². The van der Waals surface area contributed by atoms with Crippen molar-refractivity contribution in [2.75, 3.05) is 25.2 Å². The molecular weight excluding hydrogens is 404 g/mol. The highest BCUT2D eigenvalue weighted by atomic mass is 79.9. The maximum atomic E-state index is 11.3. The fourth-order valence-electron chi connectivity index (χ4n) is 3.10. The molecule has 3 nitrogen and oxygen atoms in total. The molecule has 0 aliphatic carbocycles. The number of halogens is 1. The van der Waals surface area contributed by atoms with Gasteiger partial charge in [-0.3, -0.25) is 4.79 Å². The van der Waals surface area contributed by atoms with E-state index in [0.717, 1.165) is 37.8 Å². The molecule has 0 heterocycles. The molecule has 162 valence electrons. The van der Waals surface area contributed by atoms with E-state index in [9.17, 15) is 4.79 Å². The quantitative estimate of drug-likeness (QED) is 0.0970. The van der Waals surface area contributed by atoms with Gasteiger partial charge in [0.15, 0.2) is 0 Å². The van der Waals surface area contributed by atoms with Crippen LogP contribution in [0.15, 0.2) is 0 Å². The highest BCUT2D eigenvalue weighted by Gasteiger charge is 2.01. The van der Waals surface area contributed by atoms with Crippen LogP contribution in [0, 0.1) is 0 Å². The second kappa shape index (κ2) is 23.9. The van der Waals surface area contributed by atoms with Crippen LogP contribution in [0.4, 0.5) is 0 Å². The third kappa shape index (κ3) is 23.9. The maximum Gasteiger partial charge on any atom is 0.305 e. The van der Waals surface area contributed by atoms with Crippen LogP contribution in [-0.2, 0) is 14.3 Å². The number of hydrogen-bond donors (Lipinski definition) is 0. The van der Waals surface area contributed by atoms with Gasteiger partial charge in [0.2, 0.25) is 0 Å². The van der Waals surface area contributed by atoms with Crippen LogP contribution in [0.1, 0.15) is 116 Å². The Bertz CT molecular complexity index is 297. The lowest BCUT2D eigenvalue weighted by Crippen LogP contribution is -2.07. The van der Waals surface area contributed by atoms with E-state index in [1.165, 1.54) is 83.5 Å². The van der Waals surface area contributed by atoms with E-state index in [2.05, 4.69) is 22.9 Å². The highest BCUT2D eigenvalue weighted by Crippen LogP contribution is 2.12. The Morgan fingerprint density at radius 1 is 0.630 bits per heavy atom. The molecule has 0 aliphatic heterocycles. The third-order valence-electron chi connectivity index (χ3n) is 4.85. The topological polar surface area (TPSA) is 35.5 Å². The fraction of sp³-hybridized carbons (Fsp3) is 0.957. The van der Waals surface area contributed by atoms with Gasteiger partial charge in [0, 0.05) is 25.0 Å². The average molecular weight is 450 g/mol. The highest BCUT2D eigenvalue weighted by molar-refractivity contribution is 9.09. The zero-order chi connectivity index (χ0) is 19.8. The Kier molecular flexibility index (Phi) is 23.9. The maximum absolute atomic E-state index is 11.3. The van der Waals surface area contributed by atoms with Crippen LogP contribution >= 0.6 is 15.9 Å². The van der Waals surface area contributed by atoms with Gasteiger partial charge in [0.05, 0.1) is 6.61 Å². The van der Waals surface area contributed by atoms with Crippen molar-refractivity contribution < 1.29 is 14.3 Å². The predicted octanol–water partition coefficient (Wildman–Crippen LogP) is 7.59. The van der Waals surface area contributed by atoms with Gasteiger partial charge in [0.1, 0.15) is 0 Å². The molecule has 0 bridgehead atoms. The number of carbonyl (C=O) groups excluding carboxylic acids is 1. The Labute approximate surface area is 177 Å². The van der Waals surface area contributed by atoms with Crippen molar-refractivity contribution in [1.29, 1.82) is 0 Å². The van der Waals surface area contributed by atoms with Crippen LogP contribution in [0.5, 0.6) is 0 Å². The minimum atomic E-state index is -0.0812. The van der Waals surface area contributed by atoms with E-state index in [0.29, 0.717) is 13.0 Å². The lowest BCUT2D eigenvalue weighted by Gasteiger charge is -2.06. The normalized spacial score (nSPS) is 11.0. The van der Waals surface area contributed by atoms with Gasteiger partial charge >= 0.3 is 5.97 Å². The molecule has 0 atom stereocenters. The molecule has 0 unspecified atom stereocenters. The monoisotopic (exact) mass is 448 g/mol. The van der Waals surface area contributed by atoms with Gasteiger partial charge in [-0.1, -0.05) is 99.9 Å². The number of unbranched alkanes of at least 4 members (excludes halogenated alkanes) is 13. The Morgan fingerprint density at radius 3 is 1.59 bits per heavy atom. The van der Waals surface area contributed by atoms with Gasteiger partial charge in [0.25, 0.3) is 0 Å². The molecule has 0 N–H and O–H groups in total. The first-order valence-electron chi connectivity index (χ1n) is 11.6. The smallest absolute Gasteiger partial charge is 0.305 e. The van der Waals surface area contributed by atoms with Crippen LogP contribution in [-0.4, -0.2) is 31.1 Å². The van der Waals surface area contributed by atoms with E-state index in [1.54, 1.807) is 0 Å². The predicted molar refractivity (Wildman–Crippen MR) is 120 cm³/mol. The summed E-state index contributed by atoms with van der Waals surface area (Å²) in [6.07, 6.45) is 21.2. The van der Waals surface area contributed by atoms with Crippen molar-refractivity contribution in [3.8, 4) is 0 Å². The summed E-state index contributed by atoms with van der Waals surface area (Å²) in [5, 5.41) is 0.856. The Hall–Kier alpha value is -0.0900. The van der Waals surface area contributed by atoms with Crippen molar-refractivity contribution in [2.24, 2.45) is 0 Å². The van der Waals surface area contributed by atoms with Gasteiger partial charge in [-0.2, -0.15) is 0 Å². The molecule has 0 aromatic rings. The first-order valence-corrected chi connectivity index (χ1v) is 12.7. The molecule has 0 rings (SSSR count). The minimum absolute atomic E-state index is 0.0812. The van der Waals surface area contributed by atoms with E-state index >= 15 is 0 Å². The number of esters is 1. The number of ether oxygens (including phenoxy) is 2. The lowest BCUT2D eigenvalue weighted by molar-refractivity contribution is -0.143. The summed E-state index contributed by atoms with van der Waals surface area (Å²) in [7, 11) is 0. The summed E-state index contributed by atoms with van der Waals surface area (Å²) in [5.74, 6) is -0.0812. The minimum Gasteiger partial charge on any atom is -0.466 e. The van der Waals surface area contributed by atoms with Gasteiger partial charge in [-0.05, 0) is 25.7 Å². The molecule has 0 amide bonds. The number of alkyl halides is 1. The van der Waals surface area contributed by atoms with Gasteiger partial charge < -0.3 is 9.47 Å². The summed E-state index contributed by atoms with van der Waals surface area (Å²) in [5.41, 5.74) is 0. The Morgan fingerprint density at radius 2 is 1.07 bits per heavy atom. The van der Waals surface area contributed by atoms with Crippen LogP contribution < -0.4 is 0 Å². The Balaban J connectivity index is 3.04.